The second-order valence-corrected chi connectivity index (χ2v) is 7.75. The van der Waals surface area contributed by atoms with Gasteiger partial charge in [0.25, 0.3) is 0 Å². The Balaban J connectivity index is 1.70. The number of amides is 2. The zero-order valence-electron chi connectivity index (χ0n) is 19.4. The summed E-state index contributed by atoms with van der Waals surface area (Å²) in [6.45, 7) is 1.78. The average Bonchev–Trinajstić information content (AvgIpc) is 2.86. The third-order valence-corrected chi connectivity index (χ3v) is 5.43. The van der Waals surface area contributed by atoms with Gasteiger partial charge in [-0.15, -0.1) is 0 Å². The molecule has 0 aromatic heterocycles. The summed E-state index contributed by atoms with van der Waals surface area (Å²) in [6.07, 6.45) is 0. The Hall–Kier alpha value is -4.33. The second-order valence-electron chi connectivity index (χ2n) is 7.75. The first-order chi connectivity index (χ1) is 17.0. The van der Waals surface area contributed by atoms with Crippen LogP contribution in [0.2, 0.25) is 0 Å². The summed E-state index contributed by atoms with van der Waals surface area (Å²) in [4.78, 5) is 27.2. The van der Waals surface area contributed by atoms with E-state index >= 15 is 0 Å². The predicted molar refractivity (Wildman–Crippen MR) is 128 cm³/mol. The molecule has 1 aliphatic rings. The van der Waals surface area contributed by atoms with E-state index in [1.165, 1.54) is 29.2 Å². The standard InChI is InChI=1S/C27H25FN2O5/c1-3-33-26(31)24-23(17-34-20-14-12-19(28)13-15-20)30(2)27(32)29-25(24)18-8-7-11-22(16-18)35-21-9-5-4-6-10-21/h4-16,25H,3,17H2,1-2H3,(H,29,32). The van der Waals surface area contributed by atoms with Gasteiger partial charge in [-0.25, -0.2) is 14.0 Å². The zero-order chi connectivity index (χ0) is 24.8. The van der Waals surface area contributed by atoms with Crippen molar-refractivity contribution in [2.24, 2.45) is 0 Å². The third kappa shape index (κ3) is 5.60. The first kappa shape index (κ1) is 23.8. The molecule has 1 unspecified atom stereocenters. The number of likely N-dealkylation sites (N-methyl/N-ethyl adjacent to an activating group) is 1. The van der Waals surface area contributed by atoms with Gasteiger partial charge in [0.15, 0.2) is 0 Å². The Kier molecular flexibility index (Phi) is 7.30. The number of ether oxygens (including phenoxy) is 3. The number of urea groups is 1. The highest BCUT2D eigenvalue weighted by Gasteiger charge is 2.37. The molecular formula is C27H25FN2O5. The molecule has 1 atom stereocenters. The molecule has 1 aliphatic heterocycles. The van der Waals surface area contributed by atoms with E-state index in [0.29, 0.717) is 28.5 Å². The Morgan fingerprint density at radius 3 is 2.40 bits per heavy atom. The lowest BCUT2D eigenvalue weighted by Gasteiger charge is -2.34. The minimum Gasteiger partial charge on any atom is -0.487 e. The highest BCUT2D eigenvalue weighted by atomic mass is 19.1. The maximum Gasteiger partial charge on any atom is 0.338 e. The molecule has 1 N–H and O–H groups in total. The predicted octanol–water partition coefficient (Wildman–Crippen LogP) is 5.21. The SMILES string of the molecule is CCOC(=O)C1=C(COc2ccc(F)cc2)N(C)C(=O)NC1c1cccc(Oc2ccccc2)c1. The summed E-state index contributed by atoms with van der Waals surface area (Å²) in [7, 11) is 1.54. The molecule has 3 aromatic rings. The lowest BCUT2D eigenvalue weighted by atomic mass is 9.94. The van der Waals surface area contributed by atoms with Crippen LogP contribution in [0.25, 0.3) is 0 Å². The summed E-state index contributed by atoms with van der Waals surface area (Å²) in [6, 6.07) is 20.7. The van der Waals surface area contributed by atoms with Crippen molar-refractivity contribution in [2.45, 2.75) is 13.0 Å². The molecule has 2 amide bonds. The van der Waals surface area contributed by atoms with Gasteiger partial charge in [-0.1, -0.05) is 30.3 Å². The van der Waals surface area contributed by atoms with E-state index in [1.54, 1.807) is 38.2 Å². The van der Waals surface area contributed by atoms with Crippen LogP contribution in [0, 0.1) is 5.82 Å². The maximum absolute atomic E-state index is 13.3. The molecule has 0 spiro atoms. The van der Waals surface area contributed by atoms with E-state index < -0.39 is 23.9 Å². The van der Waals surface area contributed by atoms with Crippen molar-refractivity contribution in [3.05, 3.63) is 102 Å². The Labute approximate surface area is 202 Å². The number of nitrogens with zero attached hydrogens (tertiary/aromatic N) is 1. The van der Waals surface area contributed by atoms with Crippen LogP contribution in [0.15, 0.2) is 90.1 Å². The van der Waals surface area contributed by atoms with Gasteiger partial charge in [-0.3, -0.25) is 4.90 Å². The second kappa shape index (κ2) is 10.7. The number of rotatable bonds is 8. The van der Waals surface area contributed by atoms with Gasteiger partial charge in [0.2, 0.25) is 0 Å². The Bertz CT molecular complexity index is 1230. The van der Waals surface area contributed by atoms with Crippen LogP contribution in [-0.4, -0.2) is 37.2 Å². The minimum atomic E-state index is -0.788. The number of nitrogens with one attached hydrogen (secondary N) is 1. The number of carbonyl (C=O) groups is 2. The van der Waals surface area contributed by atoms with Gasteiger partial charge < -0.3 is 19.5 Å². The van der Waals surface area contributed by atoms with Crippen molar-refractivity contribution in [1.29, 1.82) is 0 Å². The summed E-state index contributed by atoms with van der Waals surface area (Å²) in [5, 5.41) is 2.87. The molecular weight excluding hydrogens is 451 g/mol. The van der Waals surface area contributed by atoms with Gasteiger partial charge >= 0.3 is 12.0 Å². The molecule has 8 heteroatoms. The van der Waals surface area contributed by atoms with Gasteiger partial charge in [0, 0.05) is 7.05 Å². The third-order valence-electron chi connectivity index (χ3n) is 5.43. The van der Waals surface area contributed by atoms with Crippen LogP contribution in [-0.2, 0) is 9.53 Å². The molecule has 7 nitrogen and oxygen atoms in total. The van der Waals surface area contributed by atoms with Crippen LogP contribution in [0.5, 0.6) is 17.2 Å². The molecule has 180 valence electrons. The molecule has 4 rings (SSSR count). The van der Waals surface area contributed by atoms with Crippen LogP contribution < -0.4 is 14.8 Å². The quantitative estimate of drug-likeness (QED) is 0.452. The molecule has 1 heterocycles. The Morgan fingerprint density at radius 1 is 0.971 bits per heavy atom. The first-order valence-corrected chi connectivity index (χ1v) is 11.1. The first-order valence-electron chi connectivity index (χ1n) is 11.1. The van der Waals surface area contributed by atoms with Crippen molar-refractivity contribution < 1.29 is 28.2 Å². The number of carbonyl (C=O) groups excluding carboxylic acids is 2. The number of hydrogen-bond acceptors (Lipinski definition) is 5. The van der Waals surface area contributed by atoms with Crippen LogP contribution in [0.3, 0.4) is 0 Å². The minimum absolute atomic E-state index is 0.0968. The van der Waals surface area contributed by atoms with Gasteiger partial charge in [-0.2, -0.15) is 0 Å². The monoisotopic (exact) mass is 476 g/mol. The van der Waals surface area contributed by atoms with E-state index in [-0.39, 0.29) is 18.8 Å². The smallest absolute Gasteiger partial charge is 0.338 e. The summed E-state index contributed by atoms with van der Waals surface area (Å²) < 4.78 is 30.3. The number of hydrogen-bond donors (Lipinski definition) is 1. The molecule has 0 fully saturated rings. The molecule has 0 radical (unpaired) electrons. The number of halogens is 1. The molecule has 0 bridgehead atoms. The molecule has 3 aromatic carbocycles. The fourth-order valence-electron chi connectivity index (χ4n) is 3.70. The molecule has 0 saturated heterocycles. The lowest BCUT2D eigenvalue weighted by Crippen LogP contribution is -2.48. The van der Waals surface area contributed by atoms with Gasteiger partial charge in [0.05, 0.1) is 23.9 Å². The lowest BCUT2D eigenvalue weighted by molar-refractivity contribution is -0.139. The van der Waals surface area contributed by atoms with Crippen molar-refractivity contribution in [3.63, 3.8) is 0 Å². The van der Waals surface area contributed by atoms with E-state index in [9.17, 15) is 14.0 Å². The van der Waals surface area contributed by atoms with E-state index in [4.69, 9.17) is 14.2 Å². The van der Waals surface area contributed by atoms with Crippen molar-refractivity contribution in [1.82, 2.24) is 10.2 Å². The molecule has 35 heavy (non-hydrogen) atoms. The summed E-state index contributed by atoms with van der Waals surface area (Å²) >= 11 is 0. The van der Waals surface area contributed by atoms with Crippen molar-refractivity contribution in [2.75, 3.05) is 20.3 Å². The van der Waals surface area contributed by atoms with Crippen molar-refractivity contribution >= 4 is 12.0 Å². The maximum atomic E-state index is 13.3. The molecule has 0 saturated carbocycles. The molecule has 0 aliphatic carbocycles. The van der Waals surface area contributed by atoms with Gasteiger partial charge in [-0.05, 0) is 61.0 Å². The topological polar surface area (TPSA) is 77.1 Å². The number of benzene rings is 3. The highest BCUT2D eigenvalue weighted by Crippen LogP contribution is 2.33. The van der Waals surface area contributed by atoms with Crippen LogP contribution in [0.4, 0.5) is 9.18 Å². The van der Waals surface area contributed by atoms with E-state index in [1.807, 2.05) is 30.3 Å². The number of para-hydroxylation sites is 1. The van der Waals surface area contributed by atoms with Crippen LogP contribution in [0.1, 0.15) is 18.5 Å². The average molecular weight is 477 g/mol. The zero-order valence-corrected chi connectivity index (χ0v) is 19.4. The van der Waals surface area contributed by atoms with E-state index in [0.717, 1.165) is 0 Å². The fraction of sp³-hybridized carbons (Fsp3) is 0.185. The summed E-state index contributed by atoms with van der Waals surface area (Å²) in [5.74, 6) is 0.643. The normalized spacial score (nSPS) is 15.5. The number of esters is 1. The van der Waals surface area contributed by atoms with Gasteiger partial charge in [0.1, 0.15) is 29.7 Å². The fourth-order valence-corrected chi connectivity index (χ4v) is 3.70. The Morgan fingerprint density at radius 2 is 1.69 bits per heavy atom. The van der Waals surface area contributed by atoms with E-state index in [2.05, 4.69) is 5.32 Å². The van der Waals surface area contributed by atoms with Crippen molar-refractivity contribution in [3.8, 4) is 17.2 Å². The summed E-state index contributed by atoms with van der Waals surface area (Å²) in [5.41, 5.74) is 1.23. The largest absolute Gasteiger partial charge is 0.487 e. The highest BCUT2D eigenvalue weighted by molar-refractivity contribution is 5.95. The van der Waals surface area contributed by atoms with Crippen LogP contribution >= 0.6 is 0 Å².